The zero-order valence-electron chi connectivity index (χ0n) is 13.9. The SMILES string of the molecule is CCOC(=O)c1cnn(CCOC)c1C(F)(F)F.COCCNN. The molecule has 0 radical (unpaired) electrons. The fraction of sp³-hybridized carbons (Fsp3) is 0.692. The molecule has 0 aliphatic carbocycles. The number of alkyl halides is 3. The molecule has 0 aliphatic rings. The molecule has 0 saturated heterocycles. The smallest absolute Gasteiger partial charge is 0.433 e. The van der Waals surface area contributed by atoms with E-state index >= 15 is 0 Å². The summed E-state index contributed by atoms with van der Waals surface area (Å²) in [4.78, 5) is 11.4. The first kappa shape index (κ1) is 22.3. The van der Waals surface area contributed by atoms with Crippen LogP contribution in [0.1, 0.15) is 23.0 Å². The van der Waals surface area contributed by atoms with E-state index in [-0.39, 0.29) is 19.8 Å². The number of hydrogen-bond donors (Lipinski definition) is 2. The summed E-state index contributed by atoms with van der Waals surface area (Å²) >= 11 is 0. The van der Waals surface area contributed by atoms with Gasteiger partial charge < -0.3 is 14.2 Å². The lowest BCUT2D eigenvalue weighted by Crippen LogP contribution is -2.25. The number of nitrogens with two attached hydrogens (primary N) is 1. The van der Waals surface area contributed by atoms with Gasteiger partial charge in [0.2, 0.25) is 0 Å². The molecule has 1 aromatic heterocycles. The van der Waals surface area contributed by atoms with Crippen LogP contribution in [0.2, 0.25) is 0 Å². The molecule has 0 unspecified atom stereocenters. The fourth-order valence-corrected chi connectivity index (χ4v) is 1.55. The Morgan fingerprint density at radius 2 is 1.96 bits per heavy atom. The number of ether oxygens (including phenoxy) is 3. The van der Waals surface area contributed by atoms with Crippen LogP contribution in [-0.4, -0.2) is 56.3 Å². The van der Waals surface area contributed by atoms with Crippen LogP contribution in [0.4, 0.5) is 13.2 Å². The topological polar surface area (TPSA) is 101 Å². The lowest BCUT2D eigenvalue weighted by molar-refractivity contribution is -0.145. The molecule has 8 nitrogen and oxygen atoms in total. The first-order valence-corrected chi connectivity index (χ1v) is 7.04. The standard InChI is InChI=1S/C10H13F3N2O3.C3H10N2O/c1-3-18-9(16)7-6-14-15(4-5-17-2)8(7)10(11,12)13;1-6-3-2-5-4/h6H,3-5H2,1-2H3;5H,2-4H2,1H3. The molecule has 0 bridgehead atoms. The third-order valence-corrected chi connectivity index (χ3v) is 2.56. The van der Waals surface area contributed by atoms with E-state index in [0.29, 0.717) is 11.3 Å². The molecule has 0 atom stereocenters. The minimum Gasteiger partial charge on any atom is -0.462 e. The second-order valence-electron chi connectivity index (χ2n) is 4.29. The molecule has 1 heterocycles. The summed E-state index contributed by atoms with van der Waals surface area (Å²) in [6, 6.07) is 0. The van der Waals surface area contributed by atoms with Crippen LogP contribution in [0.25, 0.3) is 0 Å². The lowest BCUT2D eigenvalue weighted by Gasteiger charge is -2.11. The van der Waals surface area contributed by atoms with Gasteiger partial charge in [-0.2, -0.15) is 18.3 Å². The molecule has 1 rings (SSSR count). The van der Waals surface area contributed by atoms with E-state index < -0.39 is 23.4 Å². The Bertz CT molecular complexity index is 476. The Hall–Kier alpha value is -1.69. The zero-order chi connectivity index (χ0) is 18.6. The van der Waals surface area contributed by atoms with Crippen LogP contribution < -0.4 is 11.3 Å². The van der Waals surface area contributed by atoms with Gasteiger partial charge >= 0.3 is 12.1 Å². The lowest BCUT2D eigenvalue weighted by atomic mass is 10.2. The summed E-state index contributed by atoms with van der Waals surface area (Å²) in [7, 11) is 3.00. The molecule has 0 fully saturated rings. The van der Waals surface area contributed by atoms with Gasteiger partial charge in [0.05, 0.1) is 32.6 Å². The molecule has 0 aliphatic heterocycles. The molecular formula is C13H23F3N4O4. The van der Waals surface area contributed by atoms with Crippen LogP contribution >= 0.6 is 0 Å². The Labute approximate surface area is 138 Å². The van der Waals surface area contributed by atoms with Crippen molar-refractivity contribution < 1.29 is 32.2 Å². The van der Waals surface area contributed by atoms with E-state index in [4.69, 9.17) is 5.84 Å². The number of halogens is 3. The third kappa shape index (κ3) is 7.73. The predicted molar refractivity (Wildman–Crippen MR) is 79.1 cm³/mol. The number of carbonyl (C=O) groups excluding carboxylic acids is 1. The van der Waals surface area contributed by atoms with E-state index in [2.05, 4.69) is 24.7 Å². The van der Waals surface area contributed by atoms with Crippen molar-refractivity contribution in [1.82, 2.24) is 15.2 Å². The maximum absolute atomic E-state index is 12.9. The highest BCUT2D eigenvalue weighted by Crippen LogP contribution is 2.32. The normalized spacial score (nSPS) is 11.0. The zero-order valence-corrected chi connectivity index (χ0v) is 13.9. The van der Waals surface area contributed by atoms with Gasteiger partial charge in [-0.25, -0.2) is 4.79 Å². The van der Waals surface area contributed by atoms with Crippen molar-refractivity contribution in [1.29, 1.82) is 0 Å². The predicted octanol–water partition coefficient (Wildman–Crippen LogP) is 0.821. The monoisotopic (exact) mass is 356 g/mol. The largest absolute Gasteiger partial charge is 0.462 e. The van der Waals surface area contributed by atoms with Crippen molar-refractivity contribution in [2.75, 3.05) is 40.6 Å². The van der Waals surface area contributed by atoms with Gasteiger partial charge in [0, 0.05) is 20.8 Å². The second-order valence-corrected chi connectivity index (χ2v) is 4.29. The highest BCUT2D eigenvalue weighted by Gasteiger charge is 2.40. The second kappa shape index (κ2) is 11.8. The summed E-state index contributed by atoms with van der Waals surface area (Å²) in [6.07, 6.45) is -3.82. The first-order chi connectivity index (χ1) is 11.3. The van der Waals surface area contributed by atoms with E-state index in [1.807, 2.05) is 0 Å². The van der Waals surface area contributed by atoms with Gasteiger partial charge in [0.1, 0.15) is 5.56 Å². The molecule has 24 heavy (non-hydrogen) atoms. The van der Waals surface area contributed by atoms with Crippen molar-refractivity contribution in [3.63, 3.8) is 0 Å². The molecule has 1 aromatic rings. The average molecular weight is 356 g/mol. The van der Waals surface area contributed by atoms with Crippen molar-refractivity contribution in [3.8, 4) is 0 Å². The summed E-state index contributed by atoms with van der Waals surface area (Å²) in [5, 5.41) is 3.54. The van der Waals surface area contributed by atoms with Crippen LogP contribution in [-0.2, 0) is 26.9 Å². The molecular weight excluding hydrogens is 333 g/mol. The van der Waals surface area contributed by atoms with Gasteiger partial charge in [-0.1, -0.05) is 0 Å². The number of nitrogens with zero attached hydrogens (tertiary/aromatic N) is 2. The highest BCUT2D eigenvalue weighted by molar-refractivity contribution is 5.90. The van der Waals surface area contributed by atoms with Gasteiger partial charge in [-0.3, -0.25) is 16.0 Å². The number of carbonyl (C=O) groups is 1. The summed E-state index contributed by atoms with van der Waals surface area (Å²) in [5.41, 5.74) is 0.748. The highest BCUT2D eigenvalue weighted by atomic mass is 19.4. The van der Waals surface area contributed by atoms with Gasteiger partial charge in [0.25, 0.3) is 0 Å². The van der Waals surface area contributed by atoms with E-state index in [0.717, 1.165) is 12.7 Å². The number of esters is 1. The number of hydrazine groups is 1. The Kier molecular flexibility index (Phi) is 11.0. The van der Waals surface area contributed by atoms with Crippen LogP contribution in [0.3, 0.4) is 0 Å². The molecule has 11 heteroatoms. The Morgan fingerprint density at radius 3 is 2.38 bits per heavy atom. The summed E-state index contributed by atoms with van der Waals surface area (Å²) < 4.78 is 53.2. The molecule has 0 amide bonds. The molecule has 140 valence electrons. The quantitative estimate of drug-likeness (QED) is 0.308. The first-order valence-electron chi connectivity index (χ1n) is 7.04. The van der Waals surface area contributed by atoms with Crippen molar-refractivity contribution in [2.45, 2.75) is 19.6 Å². The summed E-state index contributed by atoms with van der Waals surface area (Å²) in [6.45, 7) is 2.88. The number of aromatic nitrogens is 2. The minimum atomic E-state index is -4.67. The number of methoxy groups -OCH3 is 2. The van der Waals surface area contributed by atoms with E-state index in [9.17, 15) is 18.0 Å². The third-order valence-electron chi connectivity index (χ3n) is 2.56. The number of nitrogens with one attached hydrogen (secondary N) is 1. The van der Waals surface area contributed by atoms with Crippen molar-refractivity contribution in [2.24, 2.45) is 5.84 Å². The molecule has 0 saturated carbocycles. The van der Waals surface area contributed by atoms with Crippen LogP contribution in [0.15, 0.2) is 6.20 Å². The fourth-order valence-electron chi connectivity index (χ4n) is 1.55. The van der Waals surface area contributed by atoms with Crippen LogP contribution in [0, 0.1) is 0 Å². The molecule has 0 spiro atoms. The number of hydrogen-bond acceptors (Lipinski definition) is 7. The Balaban J connectivity index is 0.000000754. The van der Waals surface area contributed by atoms with Gasteiger partial charge in [-0.15, -0.1) is 0 Å². The minimum absolute atomic E-state index is 0.000614. The van der Waals surface area contributed by atoms with Crippen LogP contribution in [0.5, 0.6) is 0 Å². The molecule has 3 N–H and O–H groups in total. The van der Waals surface area contributed by atoms with Crippen molar-refractivity contribution in [3.05, 3.63) is 17.5 Å². The maximum Gasteiger partial charge on any atom is 0.433 e. The Morgan fingerprint density at radius 1 is 1.33 bits per heavy atom. The molecule has 0 aromatic carbocycles. The van der Waals surface area contributed by atoms with Gasteiger partial charge in [0.15, 0.2) is 5.69 Å². The average Bonchev–Trinajstić information content (AvgIpc) is 2.96. The maximum atomic E-state index is 12.9. The van der Waals surface area contributed by atoms with E-state index in [1.54, 1.807) is 7.11 Å². The van der Waals surface area contributed by atoms with Crippen molar-refractivity contribution >= 4 is 5.97 Å². The van der Waals surface area contributed by atoms with Gasteiger partial charge in [-0.05, 0) is 6.92 Å². The van der Waals surface area contributed by atoms with E-state index in [1.165, 1.54) is 14.0 Å². The summed E-state index contributed by atoms with van der Waals surface area (Å²) in [5.74, 6) is 3.85. The number of rotatable bonds is 8.